The van der Waals surface area contributed by atoms with Crippen LogP contribution in [0.25, 0.3) is 44.7 Å². The summed E-state index contributed by atoms with van der Waals surface area (Å²) in [6.07, 6.45) is 7.31. The number of H-pyrrole nitrogens is 2. The molecule has 5 aliphatic heterocycles. The number of amides is 4. The maximum Gasteiger partial charge on any atom is 0.407 e. The molecule has 0 radical (unpaired) electrons. The van der Waals surface area contributed by atoms with Gasteiger partial charge in [-0.1, -0.05) is 32.0 Å². The van der Waals surface area contributed by atoms with Gasteiger partial charge in [-0.05, 0) is 119 Å². The van der Waals surface area contributed by atoms with Gasteiger partial charge in [0.15, 0.2) is 0 Å². The molecule has 0 spiro atoms. The molecule has 18 nitrogen and oxygen atoms in total. The Labute approximate surface area is 434 Å². The van der Waals surface area contributed by atoms with E-state index in [4.69, 9.17) is 33.7 Å². The number of alkyl carbamates (subject to hydrolysis) is 2. The molecule has 0 aliphatic carbocycles. The van der Waals surface area contributed by atoms with Gasteiger partial charge in [-0.2, -0.15) is 0 Å². The molecule has 394 valence electrons. The van der Waals surface area contributed by atoms with E-state index in [0.29, 0.717) is 85.3 Å². The smallest absolute Gasteiger partial charge is 0.407 e. The number of aryl methyl sites for hydroxylation is 1. The average molecular weight is 1030 g/mol. The highest BCUT2D eigenvalue weighted by molar-refractivity contribution is 5.93. The number of benzene rings is 3. The standard InChI is InChI=1S/C56H64FN9O9/c1-29(2)48(62-55(69)71-5)52(67)64-17-7-11-42(64)51-59-28-40(61-51)35-23-38(57)47-44-24-36-22-33(15-16-41(36)66(44)54(75-46(47)26-35)34-14-13-32-10-9-19-73-45(32)25-34)39-27-58-50(60-39)43-12-8-18-65(43)53(68)49(63-56(70)72-6)37-20-30(3)74-31(4)21-37/h13-16,22-31,37,42-43,48-49,54H,7-12,17-21H2,1-6H3,(H,58,60)(H,59,61)(H,62,69)(H,63,70)/t30-,31+,37?,42-,43-,48?,49?,54?/m0/s1. The fourth-order valence-electron chi connectivity index (χ4n) is 12.1. The number of likely N-dealkylation sites (tertiary alicyclic amines) is 2. The summed E-state index contributed by atoms with van der Waals surface area (Å²) < 4.78 is 48.0. The predicted octanol–water partition coefficient (Wildman–Crippen LogP) is 9.13. The Morgan fingerprint density at radius 1 is 0.773 bits per heavy atom. The summed E-state index contributed by atoms with van der Waals surface area (Å²) in [6.45, 7) is 9.36. The molecular formula is C56H64FN9O9. The van der Waals surface area contributed by atoms with E-state index in [1.165, 1.54) is 20.3 Å². The first kappa shape index (κ1) is 49.8. The predicted molar refractivity (Wildman–Crippen MR) is 275 cm³/mol. The second-order valence-corrected chi connectivity index (χ2v) is 21.0. The molecule has 75 heavy (non-hydrogen) atoms. The van der Waals surface area contributed by atoms with E-state index in [1.54, 1.807) is 17.3 Å². The lowest BCUT2D eigenvalue weighted by Gasteiger charge is -2.38. The molecule has 11 rings (SSSR count). The number of halogens is 1. The molecule has 4 unspecified atom stereocenters. The van der Waals surface area contributed by atoms with Crippen molar-refractivity contribution in [1.29, 1.82) is 0 Å². The Kier molecular flexibility index (Phi) is 13.5. The Bertz CT molecular complexity index is 3160. The molecule has 3 aromatic heterocycles. The van der Waals surface area contributed by atoms with Crippen LogP contribution in [0.1, 0.15) is 114 Å². The van der Waals surface area contributed by atoms with E-state index >= 15 is 4.39 Å². The van der Waals surface area contributed by atoms with Crippen LogP contribution in [0.2, 0.25) is 0 Å². The minimum atomic E-state index is -0.782. The SMILES string of the molecule is COC(=O)NC(C(=O)N1CCC[C@H]1c1ncc(-c2cc(F)c3c(c2)OC(c2ccc4c(c2)OCCC4)n2c-3cc3cc(-c4cnc([C@@H]5CCCN5C(=O)C(NC(=O)OC)C5C[C@@H](C)O[C@@H](C)C5)[nH]4)ccc32)[nH]1)C(C)C. The van der Waals surface area contributed by atoms with Gasteiger partial charge in [0, 0.05) is 35.2 Å². The minimum absolute atomic E-state index is 0.0564. The molecule has 5 aliphatic rings. The molecule has 3 fully saturated rings. The second kappa shape index (κ2) is 20.4. The number of nitrogens with zero attached hydrogens (tertiary/aromatic N) is 5. The van der Waals surface area contributed by atoms with Crippen LogP contribution in [0.5, 0.6) is 11.5 Å². The van der Waals surface area contributed by atoms with Crippen LogP contribution < -0.4 is 20.1 Å². The summed E-state index contributed by atoms with van der Waals surface area (Å²) in [4.78, 5) is 73.2. The van der Waals surface area contributed by atoms with Crippen molar-refractivity contribution in [3.63, 3.8) is 0 Å². The lowest BCUT2D eigenvalue weighted by Crippen LogP contribution is -2.54. The van der Waals surface area contributed by atoms with E-state index in [1.807, 2.05) is 67.5 Å². The Hall–Kier alpha value is -7.41. The lowest BCUT2D eigenvalue weighted by atomic mass is 9.85. The van der Waals surface area contributed by atoms with Crippen molar-refractivity contribution < 1.29 is 47.3 Å². The number of rotatable bonds is 11. The average Bonchev–Trinajstić information content (AvgIpc) is 4.30. The van der Waals surface area contributed by atoms with E-state index in [9.17, 15) is 19.2 Å². The third-order valence-corrected chi connectivity index (χ3v) is 15.7. The number of carbonyl (C=O) groups is 4. The van der Waals surface area contributed by atoms with Crippen LogP contribution >= 0.6 is 0 Å². The molecule has 0 saturated carbocycles. The summed E-state index contributed by atoms with van der Waals surface area (Å²) in [7, 11) is 2.57. The van der Waals surface area contributed by atoms with Crippen molar-refractivity contribution in [3.05, 3.63) is 95.6 Å². The molecule has 6 aromatic rings. The number of aromatic amines is 2. The van der Waals surface area contributed by atoms with E-state index in [-0.39, 0.29) is 47.9 Å². The largest absolute Gasteiger partial charge is 0.493 e. The summed E-state index contributed by atoms with van der Waals surface area (Å²) in [5.41, 5.74) is 6.42. The maximum atomic E-state index is 17.1. The van der Waals surface area contributed by atoms with Crippen molar-refractivity contribution in [1.82, 2.24) is 44.9 Å². The summed E-state index contributed by atoms with van der Waals surface area (Å²) in [5.74, 6) is 1.19. The topological polar surface area (TPSA) is 207 Å². The molecule has 0 bridgehead atoms. The van der Waals surface area contributed by atoms with Gasteiger partial charge in [-0.25, -0.2) is 23.9 Å². The third kappa shape index (κ3) is 9.44. The zero-order valence-electron chi connectivity index (χ0n) is 43.1. The first-order valence-corrected chi connectivity index (χ1v) is 26.2. The molecule has 8 heterocycles. The fourth-order valence-corrected chi connectivity index (χ4v) is 12.1. The van der Waals surface area contributed by atoms with Crippen LogP contribution in [0.3, 0.4) is 0 Å². The quantitative estimate of drug-likeness (QED) is 0.0963. The van der Waals surface area contributed by atoms with Crippen molar-refractivity contribution >= 4 is 34.9 Å². The number of fused-ring (bicyclic) bond motifs is 6. The monoisotopic (exact) mass is 1030 g/mol. The van der Waals surface area contributed by atoms with Crippen LogP contribution in [0.15, 0.2) is 67.0 Å². The normalized spacial score (nSPS) is 22.9. The van der Waals surface area contributed by atoms with Gasteiger partial charge in [-0.3, -0.25) is 9.59 Å². The highest BCUT2D eigenvalue weighted by Gasteiger charge is 2.43. The zero-order valence-corrected chi connectivity index (χ0v) is 43.1. The van der Waals surface area contributed by atoms with Gasteiger partial charge in [0.05, 0.1) is 85.7 Å². The minimum Gasteiger partial charge on any atom is -0.493 e. The molecule has 3 saturated heterocycles. The second-order valence-electron chi connectivity index (χ2n) is 21.0. The van der Waals surface area contributed by atoms with E-state index in [0.717, 1.165) is 64.7 Å². The Balaban J connectivity index is 0.908. The molecule has 8 atom stereocenters. The van der Waals surface area contributed by atoms with Crippen molar-refractivity contribution in [2.24, 2.45) is 11.8 Å². The molecule has 3 aromatic carbocycles. The van der Waals surface area contributed by atoms with E-state index < -0.39 is 36.3 Å². The number of carbonyl (C=O) groups excluding carboxylic acids is 4. The Morgan fingerprint density at radius 2 is 1.44 bits per heavy atom. The third-order valence-electron chi connectivity index (χ3n) is 15.7. The van der Waals surface area contributed by atoms with Crippen molar-refractivity contribution in [2.75, 3.05) is 33.9 Å². The summed E-state index contributed by atoms with van der Waals surface area (Å²) >= 11 is 0. The number of hydrogen-bond donors (Lipinski definition) is 4. The first-order valence-electron chi connectivity index (χ1n) is 26.2. The van der Waals surface area contributed by atoms with Gasteiger partial charge in [0.25, 0.3) is 0 Å². The highest BCUT2D eigenvalue weighted by Crippen LogP contribution is 2.48. The number of nitrogens with one attached hydrogen (secondary N) is 4. The fraction of sp³-hybridized carbons (Fsp3) is 0.464. The van der Waals surface area contributed by atoms with Gasteiger partial charge < -0.3 is 58.7 Å². The van der Waals surface area contributed by atoms with Gasteiger partial charge in [0.2, 0.25) is 18.0 Å². The van der Waals surface area contributed by atoms with Crippen LogP contribution in [0.4, 0.5) is 14.0 Å². The molecule has 19 heteroatoms. The van der Waals surface area contributed by atoms with Crippen LogP contribution in [0, 0.1) is 17.7 Å². The number of imidazole rings is 2. The molecular weight excluding hydrogens is 962 g/mol. The number of methoxy groups -OCH3 is 2. The van der Waals surface area contributed by atoms with Gasteiger partial charge >= 0.3 is 12.2 Å². The van der Waals surface area contributed by atoms with Crippen molar-refractivity contribution in [2.45, 2.75) is 122 Å². The summed E-state index contributed by atoms with van der Waals surface area (Å²) in [5, 5.41) is 6.40. The number of ether oxygens (including phenoxy) is 5. The molecule has 4 N–H and O–H groups in total. The van der Waals surface area contributed by atoms with Crippen LogP contribution in [-0.2, 0) is 30.2 Å². The van der Waals surface area contributed by atoms with E-state index in [2.05, 4.69) is 38.8 Å². The zero-order chi connectivity index (χ0) is 52.2. The highest BCUT2D eigenvalue weighted by atomic mass is 19.1. The van der Waals surface area contributed by atoms with Gasteiger partial charge in [0.1, 0.15) is 41.0 Å². The van der Waals surface area contributed by atoms with Crippen LogP contribution in [-0.4, -0.2) is 117 Å². The number of hydrogen-bond acceptors (Lipinski definition) is 11. The lowest BCUT2D eigenvalue weighted by molar-refractivity contribution is -0.138. The maximum absolute atomic E-state index is 17.1. The van der Waals surface area contributed by atoms with Gasteiger partial charge in [-0.15, -0.1) is 0 Å². The molecule has 4 amide bonds. The Morgan fingerprint density at radius 3 is 2.12 bits per heavy atom. The summed E-state index contributed by atoms with van der Waals surface area (Å²) in [6, 6.07) is 15.3. The van der Waals surface area contributed by atoms with Crippen molar-refractivity contribution in [3.8, 4) is 45.3 Å². The number of aromatic nitrogens is 5. The first-order chi connectivity index (χ1) is 36.3.